The zero-order chi connectivity index (χ0) is 22.6. The number of benzene rings is 2. The van der Waals surface area contributed by atoms with E-state index in [1.165, 1.54) is 0 Å². The Balaban J connectivity index is 1.53. The molecule has 1 aliphatic heterocycles. The molecule has 166 valence electrons. The molecule has 1 aliphatic rings. The third-order valence-electron chi connectivity index (χ3n) is 6.32. The van der Waals surface area contributed by atoms with Crippen LogP contribution in [0.1, 0.15) is 17.5 Å². The van der Waals surface area contributed by atoms with Gasteiger partial charge in [-0.1, -0.05) is 24.3 Å². The van der Waals surface area contributed by atoms with Crippen LogP contribution in [0, 0.1) is 5.41 Å². The molecule has 1 aromatic heterocycles. The Labute approximate surface area is 189 Å². The van der Waals surface area contributed by atoms with Gasteiger partial charge in [0.1, 0.15) is 11.5 Å². The van der Waals surface area contributed by atoms with Gasteiger partial charge in [0.25, 0.3) is 0 Å². The van der Waals surface area contributed by atoms with E-state index in [4.69, 9.17) is 15.2 Å². The highest BCUT2D eigenvalue weighted by Crippen LogP contribution is 2.37. The molecule has 32 heavy (non-hydrogen) atoms. The summed E-state index contributed by atoms with van der Waals surface area (Å²) in [7, 11) is 3.32. The molecule has 1 atom stereocenters. The van der Waals surface area contributed by atoms with Crippen molar-refractivity contribution in [2.75, 3.05) is 27.3 Å². The molecule has 2 aromatic carbocycles. The lowest BCUT2D eigenvalue weighted by Crippen LogP contribution is -2.41. The molecule has 6 heteroatoms. The fraction of sp³-hybridized carbons (Fsp3) is 0.308. The summed E-state index contributed by atoms with van der Waals surface area (Å²) in [6, 6.07) is 18.1. The van der Waals surface area contributed by atoms with Crippen LogP contribution in [0.2, 0.25) is 0 Å². The fourth-order valence-corrected chi connectivity index (χ4v) is 4.57. The number of nitrogens with zero attached hydrogens (tertiary/aromatic N) is 2. The lowest BCUT2D eigenvalue weighted by molar-refractivity contribution is -0.127. The van der Waals surface area contributed by atoms with E-state index in [0.29, 0.717) is 19.5 Å². The summed E-state index contributed by atoms with van der Waals surface area (Å²) in [5, 5.41) is 0. The SMILES string of the molecule is COc1ccc(OC)c(CN2CC[C@](Cc3cccc(-c4ccncc4)c3)(C(N)=O)C2)c1. The van der Waals surface area contributed by atoms with Gasteiger partial charge in [-0.05, 0) is 66.4 Å². The highest BCUT2D eigenvalue weighted by Gasteiger charge is 2.43. The number of ether oxygens (including phenoxy) is 2. The summed E-state index contributed by atoms with van der Waals surface area (Å²) in [5.74, 6) is 1.36. The van der Waals surface area contributed by atoms with Gasteiger partial charge in [0.05, 0.1) is 19.6 Å². The van der Waals surface area contributed by atoms with Crippen LogP contribution in [0.3, 0.4) is 0 Å². The minimum Gasteiger partial charge on any atom is -0.497 e. The van der Waals surface area contributed by atoms with Gasteiger partial charge in [0.2, 0.25) is 5.91 Å². The molecule has 0 bridgehead atoms. The second-order valence-corrected chi connectivity index (χ2v) is 8.40. The number of pyridine rings is 1. The van der Waals surface area contributed by atoms with Crippen molar-refractivity contribution < 1.29 is 14.3 Å². The van der Waals surface area contributed by atoms with Crippen molar-refractivity contribution in [2.24, 2.45) is 11.1 Å². The first-order valence-electron chi connectivity index (χ1n) is 10.8. The first kappa shape index (κ1) is 21.8. The number of hydrogen-bond donors (Lipinski definition) is 1. The van der Waals surface area contributed by atoms with Crippen LogP contribution in [0.5, 0.6) is 11.5 Å². The van der Waals surface area contributed by atoms with E-state index >= 15 is 0 Å². The molecule has 0 aliphatic carbocycles. The van der Waals surface area contributed by atoms with E-state index < -0.39 is 5.41 Å². The van der Waals surface area contributed by atoms with Crippen molar-refractivity contribution >= 4 is 5.91 Å². The maximum Gasteiger partial charge on any atom is 0.225 e. The van der Waals surface area contributed by atoms with E-state index in [1.807, 2.05) is 36.4 Å². The molecule has 0 saturated carbocycles. The van der Waals surface area contributed by atoms with Crippen molar-refractivity contribution in [3.05, 3.63) is 78.1 Å². The molecule has 0 unspecified atom stereocenters. The van der Waals surface area contributed by atoms with Crippen molar-refractivity contribution in [2.45, 2.75) is 19.4 Å². The molecular weight excluding hydrogens is 402 g/mol. The molecule has 0 spiro atoms. The number of aromatic nitrogens is 1. The number of hydrogen-bond acceptors (Lipinski definition) is 5. The number of carbonyl (C=O) groups excluding carboxylic acids is 1. The summed E-state index contributed by atoms with van der Waals surface area (Å²) in [4.78, 5) is 19.0. The average molecular weight is 432 g/mol. The number of rotatable bonds is 8. The van der Waals surface area contributed by atoms with E-state index in [2.05, 4.69) is 28.1 Å². The molecular formula is C26H29N3O3. The zero-order valence-corrected chi connectivity index (χ0v) is 18.6. The first-order chi connectivity index (χ1) is 15.5. The summed E-state index contributed by atoms with van der Waals surface area (Å²) in [6.07, 6.45) is 4.92. The Morgan fingerprint density at radius 3 is 2.59 bits per heavy atom. The maximum absolute atomic E-state index is 12.6. The lowest BCUT2D eigenvalue weighted by Gasteiger charge is -2.27. The monoisotopic (exact) mass is 431 g/mol. The second-order valence-electron chi connectivity index (χ2n) is 8.40. The fourth-order valence-electron chi connectivity index (χ4n) is 4.57. The first-order valence-corrected chi connectivity index (χ1v) is 10.8. The Kier molecular flexibility index (Phi) is 6.42. The van der Waals surface area contributed by atoms with Gasteiger partial charge in [-0.25, -0.2) is 0 Å². The van der Waals surface area contributed by atoms with Crippen molar-refractivity contribution in [3.63, 3.8) is 0 Å². The summed E-state index contributed by atoms with van der Waals surface area (Å²) in [5.41, 5.74) is 9.73. The number of likely N-dealkylation sites (tertiary alicyclic amines) is 1. The molecule has 0 radical (unpaired) electrons. The number of nitrogens with two attached hydrogens (primary N) is 1. The van der Waals surface area contributed by atoms with Crippen molar-refractivity contribution in [3.8, 4) is 22.6 Å². The Morgan fingerprint density at radius 1 is 1.06 bits per heavy atom. The zero-order valence-electron chi connectivity index (χ0n) is 18.6. The smallest absolute Gasteiger partial charge is 0.225 e. The van der Waals surface area contributed by atoms with Gasteiger partial charge in [-0.3, -0.25) is 14.7 Å². The molecule has 3 aromatic rings. The number of methoxy groups -OCH3 is 2. The van der Waals surface area contributed by atoms with Crippen LogP contribution in [-0.4, -0.2) is 43.1 Å². The van der Waals surface area contributed by atoms with E-state index in [-0.39, 0.29) is 5.91 Å². The number of amides is 1. The normalized spacial score (nSPS) is 18.4. The van der Waals surface area contributed by atoms with Crippen LogP contribution in [0.15, 0.2) is 67.0 Å². The van der Waals surface area contributed by atoms with Crippen LogP contribution in [0.25, 0.3) is 11.1 Å². The average Bonchev–Trinajstić information content (AvgIpc) is 3.23. The van der Waals surface area contributed by atoms with Gasteiger partial charge in [0.15, 0.2) is 0 Å². The van der Waals surface area contributed by atoms with Crippen molar-refractivity contribution in [1.29, 1.82) is 0 Å². The largest absolute Gasteiger partial charge is 0.497 e. The molecule has 2 heterocycles. The van der Waals surface area contributed by atoms with Crippen LogP contribution in [0.4, 0.5) is 0 Å². The van der Waals surface area contributed by atoms with Gasteiger partial charge in [-0.15, -0.1) is 0 Å². The molecule has 1 fully saturated rings. The predicted octanol–water partition coefficient (Wildman–Crippen LogP) is 3.69. The van der Waals surface area contributed by atoms with Gasteiger partial charge in [0, 0.05) is 31.0 Å². The predicted molar refractivity (Wildman–Crippen MR) is 124 cm³/mol. The minimum absolute atomic E-state index is 0.244. The number of carbonyl (C=O) groups is 1. The Hall–Kier alpha value is -3.38. The topological polar surface area (TPSA) is 77.7 Å². The minimum atomic E-state index is -0.594. The van der Waals surface area contributed by atoms with Gasteiger partial charge >= 0.3 is 0 Å². The standard InChI is InChI=1S/C26H29N3O3/c1-31-23-6-7-24(32-2)22(15-23)17-29-13-10-26(18-29,25(27)30)16-19-4-3-5-21(14-19)20-8-11-28-12-9-20/h3-9,11-12,14-15H,10,13,16-18H2,1-2H3,(H2,27,30)/t26-/m1/s1. The quantitative estimate of drug-likeness (QED) is 0.589. The van der Waals surface area contributed by atoms with Crippen LogP contribution >= 0.6 is 0 Å². The highest BCUT2D eigenvalue weighted by atomic mass is 16.5. The van der Waals surface area contributed by atoms with Crippen molar-refractivity contribution in [1.82, 2.24) is 9.88 Å². The van der Waals surface area contributed by atoms with E-state index in [0.717, 1.165) is 46.7 Å². The molecule has 1 saturated heterocycles. The van der Waals surface area contributed by atoms with Gasteiger partial charge < -0.3 is 15.2 Å². The molecule has 6 nitrogen and oxygen atoms in total. The van der Waals surface area contributed by atoms with Crippen LogP contribution in [-0.2, 0) is 17.8 Å². The van der Waals surface area contributed by atoms with Crippen LogP contribution < -0.4 is 15.2 Å². The Morgan fingerprint density at radius 2 is 1.88 bits per heavy atom. The third-order valence-corrected chi connectivity index (χ3v) is 6.32. The maximum atomic E-state index is 12.6. The molecule has 4 rings (SSSR count). The highest BCUT2D eigenvalue weighted by molar-refractivity contribution is 5.82. The third kappa shape index (κ3) is 4.60. The second kappa shape index (κ2) is 9.40. The lowest BCUT2D eigenvalue weighted by atomic mass is 9.79. The molecule has 2 N–H and O–H groups in total. The molecule has 1 amide bonds. The van der Waals surface area contributed by atoms with Gasteiger partial charge in [-0.2, -0.15) is 0 Å². The van der Waals surface area contributed by atoms with E-state index in [1.54, 1.807) is 26.6 Å². The summed E-state index contributed by atoms with van der Waals surface area (Å²) < 4.78 is 10.9. The van der Waals surface area contributed by atoms with E-state index in [9.17, 15) is 4.79 Å². The number of primary amides is 1. The summed E-state index contributed by atoms with van der Waals surface area (Å²) in [6.45, 7) is 2.09. The summed E-state index contributed by atoms with van der Waals surface area (Å²) >= 11 is 0. The Bertz CT molecular complexity index is 1090.